The number of aryl methyl sites for hydroxylation is 2. The van der Waals surface area contributed by atoms with Gasteiger partial charge in [0.2, 0.25) is 0 Å². The van der Waals surface area contributed by atoms with Crippen molar-refractivity contribution in [3.05, 3.63) is 29.4 Å². The molecule has 1 amide bonds. The highest BCUT2D eigenvalue weighted by Gasteiger charge is 2.35. The van der Waals surface area contributed by atoms with Crippen LogP contribution in [0.2, 0.25) is 0 Å². The Morgan fingerprint density at radius 1 is 1.44 bits per heavy atom. The average Bonchev–Trinajstić information content (AvgIpc) is 2.87. The second kappa shape index (κ2) is 3.94. The standard InChI is InChI=1S/C11H13N5O2/c1-7-10(8(2)18-13-7)11(17)15-5-9(6-15)16-4-3-12-14-16/h3-4,9H,5-6H2,1-2H3. The third-order valence-electron chi connectivity index (χ3n) is 3.21. The van der Waals surface area contributed by atoms with E-state index < -0.39 is 0 Å². The largest absolute Gasteiger partial charge is 0.361 e. The molecule has 0 radical (unpaired) electrons. The Morgan fingerprint density at radius 2 is 2.22 bits per heavy atom. The van der Waals surface area contributed by atoms with E-state index in [1.165, 1.54) is 0 Å². The maximum atomic E-state index is 12.2. The van der Waals surface area contributed by atoms with Gasteiger partial charge in [0.05, 0.1) is 17.9 Å². The molecule has 2 aromatic heterocycles. The fourth-order valence-electron chi connectivity index (χ4n) is 2.15. The number of rotatable bonds is 2. The molecule has 1 fully saturated rings. The van der Waals surface area contributed by atoms with Crippen molar-refractivity contribution in [1.29, 1.82) is 0 Å². The SMILES string of the molecule is Cc1noc(C)c1C(=O)N1CC(n2ccnn2)C1. The zero-order valence-electron chi connectivity index (χ0n) is 10.2. The lowest BCUT2D eigenvalue weighted by Crippen LogP contribution is -2.51. The molecule has 0 aromatic carbocycles. The molecule has 0 bridgehead atoms. The molecule has 0 unspecified atom stereocenters. The fourth-order valence-corrected chi connectivity index (χ4v) is 2.15. The molecule has 94 valence electrons. The summed E-state index contributed by atoms with van der Waals surface area (Å²) in [5.74, 6) is 0.546. The minimum absolute atomic E-state index is 0.0254. The van der Waals surface area contributed by atoms with Crippen LogP contribution in [0.4, 0.5) is 0 Å². The van der Waals surface area contributed by atoms with E-state index in [4.69, 9.17) is 4.52 Å². The van der Waals surface area contributed by atoms with Crippen molar-refractivity contribution in [1.82, 2.24) is 25.1 Å². The molecule has 1 saturated heterocycles. The van der Waals surface area contributed by atoms with Crippen LogP contribution in [0.15, 0.2) is 16.9 Å². The third-order valence-corrected chi connectivity index (χ3v) is 3.21. The molecule has 0 atom stereocenters. The summed E-state index contributed by atoms with van der Waals surface area (Å²) >= 11 is 0. The van der Waals surface area contributed by atoms with Crippen LogP contribution >= 0.6 is 0 Å². The van der Waals surface area contributed by atoms with Crippen molar-refractivity contribution < 1.29 is 9.32 Å². The number of amides is 1. The molecule has 0 aliphatic carbocycles. The number of aromatic nitrogens is 4. The van der Waals surface area contributed by atoms with Crippen molar-refractivity contribution in [2.24, 2.45) is 0 Å². The first kappa shape index (κ1) is 10.9. The number of hydrogen-bond donors (Lipinski definition) is 0. The highest BCUT2D eigenvalue weighted by Crippen LogP contribution is 2.24. The maximum absolute atomic E-state index is 12.2. The van der Waals surface area contributed by atoms with Crippen molar-refractivity contribution in [3.63, 3.8) is 0 Å². The van der Waals surface area contributed by atoms with Gasteiger partial charge in [-0.25, -0.2) is 4.68 Å². The van der Waals surface area contributed by atoms with E-state index in [0.717, 1.165) is 0 Å². The molecule has 18 heavy (non-hydrogen) atoms. The monoisotopic (exact) mass is 247 g/mol. The molecular weight excluding hydrogens is 234 g/mol. The quantitative estimate of drug-likeness (QED) is 0.775. The van der Waals surface area contributed by atoms with Gasteiger partial charge in [0, 0.05) is 19.3 Å². The molecule has 0 spiro atoms. The highest BCUT2D eigenvalue weighted by molar-refractivity contribution is 5.96. The Balaban J connectivity index is 1.70. The lowest BCUT2D eigenvalue weighted by Gasteiger charge is -2.38. The Labute approximate surface area is 103 Å². The van der Waals surface area contributed by atoms with Crippen molar-refractivity contribution >= 4 is 5.91 Å². The van der Waals surface area contributed by atoms with Gasteiger partial charge in [-0.3, -0.25) is 4.79 Å². The maximum Gasteiger partial charge on any atom is 0.259 e. The summed E-state index contributed by atoms with van der Waals surface area (Å²) in [6.45, 7) is 4.82. The van der Waals surface area contributed by atoms with Gasteiger partial charge < -0.3 is 9.42 Å². The number of carbonyl (C=O) groups excluding carboxylic acids is 1. The van der Waals surface area contributed by atoms with Crippen LogP contribution in [0.1, 0.15) is 27.9 Å². The van der Waals surface area contributed by atoms with Crippen LogP contribution in [0.3, 0.4) is 0 Å². The Hall–Kier alpha value is -2.18. The van der Waals surface area contributed by atoms with Crippen molar-refractivity contribution in [2.45, 2.75) is 19.9 Å². The van der Waals surface area contributed by atoms with Crippen LogP contribution in [-0.4, -0.2) is 44.0 Å². The first-order valence-corrected chi connectivity index (χ1v) is 5.74. The normalized spacial score (nSPS) is 15.8. The molecular formula is C11H13N5O2. The summed E-state index contributed by atoms with van der Waals surface area (Å²) in [6, 6.07) is 0.219. The number of nitrogens with zero attached hydrogens (tertiary/aromatic N) is 5. The zero-order valence-corrected chi connectivity index (χ0v) is 10.2. The van der Waals surface area contributed by atoms with Gasteiger partial charge in [0.25, 0.3) is 5.91 Å². The number of likely N-dealkylation sites (tertiary alicyclic amines) is 1. The van der Waals surface area contributed by atoms with E-state index in [0.29, 0.717) is 30.1 Å². The van der Waals surface area contributed by atoms with E-state index in [9.17, 15) is 4.79 Å². The summed E-state index contributed by atoms with van der Waals surface area (Å²) < 4.78 is 6.78. The van der Waals surface area contributed by atoms with Gasteiger partial charge in [-0.1, -0.05) is 10.4 Å². The lowest BCUT2D eigenvalue weighted by atomic mass is 10.1. The van der Waals surface area contributed by atoms with E-state index in [-0.39, 0.29) is 11.9 Å². The molecule has 1 aliphatic heterocycles. The van der Waals surface area contributed by atoms with Gasteiger partial charge in [-0.05, 0) is 13.8 Å². The predicted molar refractivity (Wildman–Crippen MR) is 60.9 cm³/mol. The summed E-state index contributed by atoms with van der Waals surface area (Å²) in [5.41, 5.74) is 1.22. The Morgan fingerprint density at radius 3 is 2.78 bits per heavy atom. The summed E-state index contributed by atoms with van der Waals surface area (Å²) in [4.78, 5) is 14.0. The minimum atomic E-state index is -0.0254. The number of hydrogen-bond acceptors (Lipinski definition) is 5. The Kier molecular flexibility index (Phi) is 2.39. The smallest absolute Gasteiger partial charge is 0.259 e. The second-order valence-corrected chi connectivity index (χ2v) is 4.45. The van der Waals surface area contributed by atoms with Gasteiger partial charge in [-0.15, -0.1) is 5.10 Å². The fraction of sp³-hybridized carbons (Fsp3) is 0.455. The first-order valence-electron chi connectivity index (χ1n) is 5.74. The van der Waals surface area contributed by atoms with E-state index >= 15 is 0 Å². The molecule has 3 rings (SSSR count). The van der Waals surface area contributed by atoms with Gasteiger partial charge in [0.1, 0.15) is 11.3 Å². The molecule has 3 heterocycles. The minimum Gasteiger partial charge on any atom is -0.361 e. The molecule has 0 N–H and O–H groups in total. The van der Waals surface area contributed by atoms with Crippen LogP contribution < -0.4 is 0 Å². The van der Waals surface area contributed by atoms with E-state index in [2.05, 4.69) is 15.5 Å². The topological polar surface area (TPSA) is 77.0 Å². The van der Waals surface area contributed by atoms with Crippen molar-refractivity contribution in [2.75, 3.05) is 13.1 Å². The van der Waals surface area contributed by atoms with Crippen molar-refractivity contribution in [3.8, 4) is 0 Å². The van der Waals surface area contributed by atoms with Crippen LogP contribution in [0.25, 0.3) is 0 Å². The highest BCUT2D eigenvalue weighted by atomic mass is 16.5. The Bertz CT molecular complexity index is 549. The number of carbonyl (C=O) groups is 1. The molecule has 7 heteroatoms. The molecule has 2 aromatic rings. The van der Waals surface area contributed by atoms with Crippen LogP contribution in [0, 0.1) is 13.8 Å². The second-order valence-electron chi connectivity index (χ2n) is 4.45. The van der Waals surface area contributed by atoms with E-state index in [1.807, 2.05) is 6.20 Å². The van der Waals surface area contributed by atoms with Gasteiger partial charge in [-0.2, -0.15) is 0 Å². The third kappa shape index (κ3) is 1.59. The van der Waals surface area contributed by atoms with E-state index in [1.54, 1.807) is 29.6 Å². The lowest BCUT2D eigenvalue weighted by molar-refractivity contribution is 0.0496. The zero-order chi connectivity index (χ0) is 12.7. The summed E-state index contributed by atoms with van der Waals surface area (Å²) in [6.07, 6.45) is 3.45. The summed E-state index contributed by atoms with van der Waals surface area (Å²) in [7, 11) is 0. The van der Waals surface area contributed by atoms with Gasteiger partial charge in [0.15, 0.2) is 0 Å². The van der Waals surface area contributed by atoms with Gasteiger partial charge >= 0.3 is 0 Å². The molecule has 0 saturated carbocycles. The first-order chi connectivity index (χ1) is 8.66. The van der Waals surface area contributed by atoms with Crippen LogP contribution in [-0.2, 0) is 0 Å². The summed E-state index contributed by atoms with van der Waals surface area (Å²) in [5, 5.41) is 11.5. The predicted octanol–water partition coefficient (Wildman–Crippen LogP) is 0.580. The average molecular weight is 247 g/mol. The van der Waals surface area contributed by atoms with Crippen LogP contribution in [0.5, 0.6) is 0 Å². The molecule has 1 aliphatic rings. The molecule has 7 nitrogen and oxygen atoms in total.